The molecule has 0 unspecified atom stereocenters. The van der Waals surface area contributed by atoms with Crippen LogP contribution >= 0.6 is 0 Å². The third kappa shape index (κ3) is 5.15. The van der Waals surface area contributed by atoms with Crippen LogP contribution in [0.1, 0.15) is 31.8 Å². The van der Waals surface area contributed by atoms with E-state index >= 15 is 0 Å². The molecule has 53 heavy (non-hydrogen) atoms. The zero-order chi connectivity index (χ0) is 36.4. The maximum Gasteiger partial charge on any atom is 0.416 e. The number of carbonyl (C=O) groups excluding carboxylic acids is 2. The fraction of sp³-hybridized carbons (Fsp3) is 0.0435. The van der Waals surface area contributed by atoms with Gasteiger partial charge in [-0.15, -0.1) is 0 Å². The van der Waals surface area contributed by atoms with Gasteiger partial charge in [-0.3, -0.25) is 9.59 Å². The molecule has 0 fully saturated rings. The summed E-state index contributed by atoms with van der Waals surface area (Å²) in [5, 5.41) is 1.67. The van der Waals surface area contributed by atoms with Crippen LogP contribution in [0.25, 0.3) is 60.9 Å². The second-order valence-electron chi connectivity index (χ2n) is 13.2. The number of aromatic nitrogens is 1. The zero-order valence-corrected chi connectivity index (χ0v) is 28.4. The summed E-state index contributed by atoms with van der Waals surface area (Å²) in [6, 6.07) is 47.7. The van der Waals surface area contributed by atoms with Crippen molar-refractivity contribution in [3.63, 3.8) is 0 Å². The molecule has 0 saturated heterocycles. The van der Waals surface area contributed by atoms with Crippen molar-refractivity contribution in [2.24, 2.45) is 0 Å². The number of halogens is 3. The molecule has 256 valence electrons. The molecule has 0 N–H and O–H groups in total. The van der Waals surface area contributed by atoms with Crippen LogP contribution in [-0.2, 0) is 6.18 Å². The van der Waals surface area contributed by atoms with E-state index in [1.807, 2.05) is 114 Å². The Bertz CT molecular complexity index is 2770. The van der Waals surface area contributed by atoms with Crippen LogP contribution in [-0.4, -0.2) is 16.4 Å². The van der Waals surface area contributed by atoms with E-state index in [1.165, 1.54) is 11.0 Å². The summed E-state index contributed by atoms with van der Waals surface area (Å²) in [5.41, 5.74) is 6.87. The van der Waals surface area contributed by atoms with Crippen LogP contribution in [0, 0.1) is 6.92 Å². The Morgan fingerprint density at radius 1 is 0.491 bits per heavy atom. The van der Waals surface area contributed by atoms with Crippen LogP contribution in [0.2, 0.25) is 0 Å². The number of para-hydroxylation sites is 2. The number of hydrogen-bond donors (Lipinski definition) is 0. The summed E-state index contributed by atoms with van der Waals surface area (Å²) in [5.74, 6) is -0.940. The molecule has 0 radical (unpaired) electrons. The predicted octanol–water partition coefficient (Wildman–Crippen LogP) is 11.9. The van der Waals surface area contributed by atoms with Crippen molar-refractivity contribution in [3.05, 3.63) is 180 Å². The molecule has 7 heteroatoms. The number of hydrogen-bond acceptors (Lipinski definition) is 2. The first kappa shape index (κ1) is 32.2. The Hall–Kier alpha value is -6.73. The highest BCUT2D eigenvalue weighted by Gasteiger charge is 2.41. The summed E-state index contributed by atoms with van der Waals surface area (Å²) in [6.07, 6.45) is -4.53. The lowest BCUT2D eigenvalue weighted by Crippen LogP contribution is -2.30. The van der Waals surface area contributed by atoms with E-state index in [9.17, 15) is 22.8 Å². The van der Waals surface area contributed by atoms with Crippen molar-refractivity contribution in [2.45, 2.75) is 13.1 Å². The third-order valence-electron chi connectivity index (χ3n) is 9.97. The smallest absolute Gasteiger partial charge is 0.308 e. The Morgan fingerprint density at radius 3 is 1.83 bits per heavy atom. The lowest BCUT2D eigenvalue weighted by atomic mass is 9.92. The Balaban J connectivity index is 1.29. The van der Waals surface area contributed by atoms with E-state index in [4.69, 9.17) is 0 Å². The molecule has 1 aliphatic heterocycles. The minimum absolute atomic E-state index is 0.222. The molecule has 0 saturated carbocycles. The number of nitrogens with zero attached hydrogens (tertiary/aromatic N) is 2. The highest BCUT2D eigenvalue weighted by atomic mass is 19.4. The highest BCUT2D eigenvalue weighted by molar-refractivity contribution is 6.37. The minimum Gasteiger partial charge on any atom is -0.308 e. The standard InChI is InChI=1S/C46H29F3N2O2/c1-28-25-31(27-32(26-28)46(47,48)49)34-19-10-20-36-35-17-8-9-22-38(35)50(43(34)36)40-24-12-21-37-42(40)45(53)51(44(37)52)39-23-11-18-33(29-13-4-2-5-14-29)41(39)30-15-6-3-7-16-30/h2-27H,1H3. The van der Waals surface area contributed by atoms with Crippen molar-refractivity contribution >= 4 is 39.3 Å². The third-order valence-corrected chi connectivity index (χ3v) is 9.97. The van der Waals surface area contributed by atoms with Gasteiger partial charge in [-0.2, -0.15) is 13.2 Å². The predicted molar refractivity (Wildman–Crippen MR) is 204 cm³/mol. The molecule has 0 atom stereocenters. The second-order valence-corrected chi connectivity index (χ2v) is 13.2. The maximum atomic E-state index is 14.9. The van der Waals surface area contributed by atoms with Crippen molar-refractivity contribution in [2.75, 3.05) is 4.90 Å². The SMILES string of the molecule is Cc1cc(-c2cccc3c4ccccc4n(-c4cccc5c4C(=O)N(c4cccc(-c6ccccc6)c4-c4ccccc4)C5=O)c23)cc(C(F)(F)F)c1. The summed E-state index contributed by atoms with van der Waals surface area (Å²) < 4.78 is 44.1. The molecule has 2 amide bonds. The van der Waals surface area contributed by atoms with Gasteiger partial charge in [0.2, 0.25) is 0 Å². The molecule has 0 aliphatic carbocycles. The van der Waals surface area contributed by atoms with Gasteiger partial charge in [0, 0.05) is 21.9 Å². The highest BCUT2D eigenvalue weighted by Crippen LogP contribution is 2.45. The Kier molecular flexibility index (Phi) is 7.41. The van der Waals surface area contributed by atoms with Gasteiger partial charge in [0.05, 0.1) is 39.1 Å². The normalized spacial score (nSPS) is 12.9. The minimum atomic E-state index is -4.53. The summed E-state index contributed by atoms with van der Waals surface area (Å²) in [6.45, 7) is 1.65. The molecular formula is C46H29F3N2O2. The largest absolute Gasteiger partial charge is 0.416 e. The van der Waals surface area contributed by atoms with E-state index in [0.717, 1.165) is 44.6 Å². The van der Waals surface area contributed by atoms with Crippen molar-refractivity contribution in [3.8, 4) is 39.1 Å². The van der Waals surface area contributed by atoms with Crippen LogP contribution in [0.15, 0.2) is 158 Å². The zero-order valence-electron chi connectivity index (χ0n) is 28.4. The number of rotatable bonds is 5. The molecule has 1 aliphatic rings. The van der Waals surface area contributed by atoms with Crippen molar-refractivity contribution < 1.29 is 22.8 Å². The van der Waals surface area contributed by atoms with Crippen LogP contribution in [0.4, 0.5) is 18.9 Å². The molecule has 0 bridgehead atoms. The van der Waals surface area contributed by atoms with Gasteiger partial charge in [0.1, 0.15) is 0 Å². The number of carbonyl (C=O) groups is 2. The average Bonchev–Trinajstić information content (AvgIpc) is 3.65. The lowest BCUT2D eigenvalue weighted by molar-refractivity contribution is -0.137. The average molecular weight is 699 g/mol. The monoisotopic (exact) mass is 698 g/mol. The first-order valence-electron chi connectivity index (χ1n) is 17.2. The van der Waals surface area contributed by atoms with Crippen LogP contribution in [0.3, 0.4) is 0 Å². The van der Waals surface area contributed by atoms with E-state index in [2.05, 4.69) is 0 Å². The van der Waals surface area contributed by atoms with Gasteiger partial charge in [-0.05, 0) is 71.1 Å². The summed E-state index contributed by atoms with van der Waals surface area (Å²) >= 11 is 0. The molecule has 9 rings (SSSR count). The van der Waals surface area contributed by atoms with Gasteiger partial charge in [-0.1, -0.05) is 121 Å². The number of aryl methyl sites for hydroxylation is 1. The van der Waals surface area contributed by atoms with E-state index in [0.29, 0.717) is 33.6 Å². The second kappa shape index (κ2) is 12.2. The Morgan fingerprint density at radius 2 is 1.09 bits per heavy atom. The van der Waals surface area contributed by atoms with E-state index in [-0.39, 0.29) is 11.1 Å². The fourth-order valence-corrected chi connectivity index (χ4v) is 7.77. The van der Waals surface area contributed by atoms with Crippen molar-refractivity contribution in [1.82, 2.24) is 4.57 Å². The molecular weight excluding hydrogens is 670 g/mol. The van der Waals surface area contributed by atoms with Crippen LogP contribution in [0.5, 0.6) is 0 Å². The molecule has 0 spiro atoms. The molecule has 7 aromatic carbocycles. The number of alkyl halides is 3. The number of imide groups is 1. The van der Waals surface area contributed by atoms with Gasteiger partial charge >= 0.3 is 6.18 Å². The molecule has 1 aromatic heterocycles. The number of benzene rings is 7. The number of fused-ring (bicyclic) bond motifs is 4. The van der Waals surface area contributed by atoms with E-state index < -0.39 is 23.6 Å². The van der Waals surface area contributed by atoms with Gasteiger partial charge in [0.15, 0.2) is 0 Å². The number of amides is 2. The first-order valence-corrected chi connectivity index (χ1v) is 17.2. The molecule has 2 heterocycles. The lowest BCUT2D eigenvalue weighted by Gasteiger charge is -2.22. The molecule has 8 aromatic rings. The topological polar surface area (TPSA) is 42.3 Å². The number of anilines is 1. The van der Waals surface area contributed by atoms with E-state index in [1.54, 1.807) is 43.3 Å². The van der Waals surface area contributed by atoms with Gasteiger partial charge in [-0.25, -0.2) is 4.90 Å². The van der Waals surface area contributed by atoms with Gasteiger partial charge < -0.3 is 4.57 Å². The fourth-order valence-electron chi connectivity index (χ4n) is 7.77. The van der Waals surface area contributed by atoms with Gasteiger partial charge in [0.25, 0.3) is 11.8 Å². The quantitative estimate of drug-likeness (QED) is 0.168. The van der Waals surface area contributed by atoms with Crippen LogP contribution < -0.4 is 4.90 Å². The summed E-state index contributed by atoms with van der Waals surface area (Å²) in [7, 11) is 0. The Labute approximate surface area is 303 Å². The van der Waals surface area contributed by atoms with Crippen molar-refractivity contribution in [1.29, 1.82) is 0 Å². The maximum absolute atomic E-state index is 14.9. The first-order chi connectivity index (χ1) is 25.7. The molecule has 4 nitrogen and oxygen atoms in total. The summed E-state index contributed by atoms with van der Waals surface area (Å²) in [4.78, 5) is 30.7.